The van der Waals surface area contributed by atoms with Crippen LogP contribution >= 0.6 is 0 Å². The number of esters is 2. The largest absolute Gasteiger partial charge is 0.390 e. The summed E-state index contributed by atoms with van der Waals surface area (Å²) in [4.78, 5) is 20.9. The maximum absolute atomic E-state index is 10.5. The van der Waals surface area contributed by atoms with Crippen LogP contribution in [-0.2, 0) is 31.4 Å². The van der Waals surface area contributed by atoms with Crippen LogP contribution in [-0.4, -0.2) is 11.9 Å². The molecule has 0 atom stereocenters. The molecule has 0 unspecified atom stereocenters. The molecule has 0 aliphatic carbocycles. The van der Waals surface area contributed by atoms with E-state index in [0.29, 0.717) is 6.42 Å². The maximum Gasteiger partial charge on any atom is 0.337 e. The van der Waals surface area contributed by atoms with Crippen LogP contribution in [0.15, 0.2) is 12.7 Å². The van der Waals surface area contributed by atoms with Crippen LogP contribution in [0.2, 0.25) is 0 Å². The van der Waals surface area contributed by atoms with E-state index in [4.69, 9.17) is 0 Å². The van der Waals surface area contributed by atoms with E-state index in [1.54, 1.807) is 0 Å². The molecule has 0 aromatic rings. The minimum atomic E-state index is -0.682. The third kappa shape index (κ3) is 7.29. The number of hydrogen-bond donors (Lipinski definition) is 0. The Morgan fingerprint density at radius 1 is 1.55 bits per heavy atom. The van der Waals surface area contributed by atoms with Crippen molar-refractivity contribution in [2.45, 2.75) is 19.8 Å². The minimum Gasteiger partial charge on any atom is -0.390 e. The first-order valence-corrected chi connectivity index (χ1v) is 3.07. The Labute approximate surface area is 76.3 Å². The topological polar surface area (TPSA) is 43.4 Å². The Bertz CT molecular complexity index is 154. The fraction of sp³-hybridized carbons (Fsp3) is 0.429. The van der Waals surface area contributed by atoms with Gasteiger partial charge in [-0.15, -0.1) is 0 Å². The fourth-order valence-corrected chi connectivity index (χ4v) is 0.409. The van der Waals surface area contributed by atoms with Crippen molar-refractivity contribution >= 4 is 11.9 Å². The first-order valence-electron chi connectivity index (χ1n) is 3.07. The summed E-state index contributed by atoms with van der Waals surface area (Å²) in [6.07, 6.45) is 1.93. The minimum absolute atomic E-state index is 0. The van der Waals surface area contributed by atoms with Crippen molar-refractivity contribution in [1.29, 1.82) is 0 Å². The number of hydrogen-bond acceptors (Lipinski definition) is 3. The number of carbonyl (C=O) groups excluding carboxylic acids is 2. The van der Waals surface area contributed by atoms with Crippen molar-refractivity contribution in [3.05, 3.63) is 12.7 Å². The van der Waals surface area contributed by atoms with E-state index in [9.17, 15) is 9.59 Å². The molecule has 0 fully saturated rings. The Balaban J connectivity index is 0. The van der Waals surface area contributed by atoms with Crippen LogP contribution in [0, 0.1) is 0 Å². The zero-order chi connectivity index (χ0) is 7.98. The van der Waals surface area contributed by atoms with E-state index in [1.807, 2.05) is 6.92 Å². The zero-order valence-electron chi connectivity index (χ0n) is 6.22. The maximum atomic E-state index is 10.5. The summed E-state index contributed by atoms with van der Waals surface area (Å²) in [6.45, 7) is 4.98. The zero-order valence-corrected chi connectivity index (χ0v) is 7.17. The Morgan fingerprint density at radius 2 is 2.09 bits per heavy atom. The molecule has 0 saturated heterocycles. The Morgan fingerprint density at radius 3 is 2.45 bits per heavy atom. The van der Waals surface area contributed by atoms with Gasteiger partial charge in [0.25, 0.3) is 0 Å². The molecule has 0 saturated carbocycles. The van der Waals surface area contributed by atoms with Crippen molar-refractivity contribution in [3.8, 4) is 0 Å². The SMILES string of the molecule is C=CC(=O)OC(=O)CCC.[Cu]. The van der Waals surface area contributed by atoms with Gasteiger partial charge in [-0.2, -0.15) is 0 Å². The van der Waals surface area contributed by atoms with Crippen LogP contribution in [0.5, 0.6) is 0 Å². The molecule has 0 aromatic heterocycles. The number of ether oxygens (including phenoxy) is 1. The first kappa shape index (κ1) is 13.0. The summed E-state index contributed by atoms with van der Waals surface area (Å²) in [5.74, 6) is -1.18. The summed E-state index contributed by atoms with van der Waals surface area (Å²) in [5, 5.41) is 0. The van der Waals surface area contributed by atoms with E-state index >= 15 is 0 Å². The van der Waals surface area contributed by atoms with Crippen molar-refractivity contribution in [3.63, 3.8) is 0 Å². The van der Waals surface area contributed by atoms with E-state index < -0.39 is 11.9 Å². The molecule has 4 heteroatoms. The fourth-order valence-electron chi connectivity index (χ4n) is 0.409. The van der Waals surface area contributed by atoms with Gasteiger partial charge in [0, 0.05) is 29.6 Å². The number of carbonyl (C=O) groups is 2. The van der Waals surface area contributed by atoms with Crippen molar-refractivity contribution in [2.24, 2.45) is 0 Å². The van der Waals surface area contributed by atoms with Crippen LogP contribution in [0.4, 0.5) is 0 Å². The van der Waals surface area contributed by atoms with Gasteiger partial charge in [0.2, 0.25) is 0 Å². The van der Waals surface area contributed by atoms with Crippen molar-refractivity contribution < 1.29 is 31.4 Å². The molecule has 1 radical (unpaired) electrons. The third-order valence-electron chi connectivity index (χ3n) is 0.835. The standard InChI is InChI=1S/C7H10O3.Cu/c1-3-5-7(9)10-6(8)4-2;/h4H,2-3,5H2,1H3;. The average molecular weight is 206 g/mol. The Hall–Kier alpha value is -0.601. The molecule has 0 bridgehead atoms. The molecule has 0 heterocycles. The molecule has 3 nitrogen and oxygen atoms in total. The molecule has 0 spiro atoms. The van der Waals surface area contributed by atoms with E-state index in [2.05, 4.69) is 11.3 Å². The van der Waals surface area contributed by atoms with Gasteiger partial charge in [-0.3, -0.25) is 4.79 Å². The van der Waals surface area contributed by atoms with Gasteiger partial charge >= 0.3 is 11.9 Å². The molecule has 0 aliphatic heterocycles. The second-order valence-electron chi connectivity index (χ2n) is 1.75. The smallest absolute Gasteiger partial charge is 0.337 e. The second-order valence-corrected chi connectivity index (χ2v) is 1.75. The monoisotopic (exact) mass is 205 g/mol. The summed E-state index contributed by atoms with van der Waals surface area (Å²) in [6, 6.07) is 0. The van der Waals surface area contributed by atoms with Gasteiger partial charge in [-0.25, -0.2) is 4.79 Å². The van der Waals surface area contributed by atoms with E-state index in [0.717, 1.165) is 6.08 Å². The quantitative estimate of drug-likeness (QED) is 0.299. The molecule has 0 rings (SSSR count). The van der Waals surface area contributed by atoms with E-state index in [-0.39, 0.29) is 23.5 Å². The van der Waals surface area contributed by atoms with Crippen LogP contribution < -0.4 is 0 Å². The molecule has 67 valence electrons. The predicted octanol–water partition coefficient (Wildman–Crippen LogP) is 1.04. The van der Waals surface area contributed by atoms with Gasteiger partial charge in [0.1, 0.15) is 0 Å². The molecule has 0 N–H and O–H groups in total. The Kier molecular flexibility index (Phi) is 8.89. The van der Waals surface area contributed by atoms with Crippen molar-refractivity contribution in [2.75, 3.05) is 0 Å². The van der Waals surface area contributed by atoms with E-state index in [1.165, 1.54) is 0 Å². The van der Waals surface area contributed by atoms with Crippen molar-refractivity contribution in [1.82, 2.24) is 0 Å². The molecule has 0 aliphatic rings. The van der Waals surface area contributed by atoms with Gasteiger partial charge < -0.3 is 4.74 Å². The summed E-state index contributed by atoms with van der Waals surface area (Å²) < 4.78 is 4.24. The first-order chi connectivity index (χ1) is 4.70. The molecular formula is C7H10CuO3. The molecule has 0 aromatic carbocycles. The van der Waals surface area contributed by atoms with Gasteiger partial charge in [0.05, 0.1) is 0 Å². The normalized spacial score (nSPS) is 7.73. The summed E-state index contributed by atoms with van der Waals surface area (Å²) >= 11 is 0. The van der Waals surface area contributed by atoms with Crippen LogP contribution in [0.25, 0.3) is 0 Å². The molecule has 11 heavy (non-hydrogen) atoms. The van der Waals surface area contributed by atoms with Gasteiger partial charge in [-0.05, 0) is 6.42 Å². The van der Waals surface area contributed by atoms with Gasteiger partial charge in [-0.1, -0.05) is 13.5 Å². The molecular weight excluding hydrogens is 196 g/mol. The third-order valence-corrected chi connectivity index (χ3v) is 0.835. The van der Waals surface area contributed by atoms with Crippen LogP contribution in [0.3, 0.4) is 0 Å². The second kappa shape index (κ2) is 7.51. The number of rotatable bonds is 3. The summed E-state index contributed by atoms with van der Waals surface area (Å²) in [7, 11) is 0. The van der Waals surface area contributed by atoms with Crippen LogP contribution in [0.1, 0.15) is 19.8 Å². The predicted molar refractivity (Wildman–Crippen MR) is 36.2 cm³/mol. The van der Waals surface area contributed by atoms with Gasteiger partial charge in [0.15, 0.2) is 0 Å². The summed E-state index contributed by atoms with van der Waals surface area (Å²) in [5.41, 5.74) is 0. The molecule has 0 amide bonds. The average Bonchev–Trinajstić information content (AvgIpc) is 1.88.